The summed E-state index contributed by atoms with van der Waals surface area (Å²) in [6.45, 7) is 3.40. The third kappa shape index (κ3) is 5.70. The summed E-state index contributed by atoms with van der Waals surface area (Å²) in [6.07, 6.45) is 5.69. The first-order chi connectivity index (χ1) is 7.86. The highest BCUT2D eigenvalue weighted by Crippen LogP contribution is 2.28. The van der Waals surface area contributed by atoms with Crippen molar-refractivity contribution in [2.75, 3.05) is 26.3 Å². The van der Waals surface area contributed by atoms with Crippen molar-refractivity contribution in [3.63, 3.8) is 0 Å². The average molecular weight is 263 g/mol. The Morgan fingerprint density at radius 2 is 2.18 bits per heavy atom. The molecule has 2 rings (SSSR count). The van der Waals surface area contributed by atoms with Gasteiger partial charge in [-0.1, -0.05) is 0 Å². The van der Waals surface area contributed by atoms with Crippen LogP contribution in [0.5, 0.6) is 0 Å². The lowest BCUT2D eigenvalue weighted by atomic mass is 10.2. The Morgan fingerprint density at radius 1 is 1.35 bits per heavy atom. The lowest BCUT2D eigenvalue weighted by Gasteiger charge is -2.10. The smallest absolute Gasteiger partial charge is 0.237 e. The van der Waals surface area contributed by atoms with Crippen molar-refractivity contribution in [1.82, 2.24) is 10.6 Å². The van der Waals surface area contributed by atoms with Gasteiger partial charge in [0.25, 0.3) is 0 Å². The van der Waals surface area contributed by atoms with Gasteiger partial charge in [0.05, 0.1) is 6.04 Å². The number of hydrogen-bond acceptors (Lipinski definition) is 3. The number of halogens is 1. The van der Waals surface area contributed by atoms with E-state index in [4.69, 9.17) is 4.74 Å². The first-order valence-electron chi connectivity index (χ1n) is 6.45. The number of rotatable bonds is 7. The fraction of sp³-hybridized carbons (Fsp3) is 0.917. The largest absolute Gasteiger partial charge is 0.381 e. The number of ether oxygens (including phenoxy) is 1. The Labute approximate surface area is 109 Å². The van der Waals surface area contributed by atoms with Gasteiger partial charge in [-0.25, -0.2) is 0 Å². The zero-order valence-electron chi connectivity index (χ0n) is 10.2. The van der Waals surface area contributed by atoms with Crippen LogP contribution in [0.25, 0.3) is 0 Å². The Kier molecular flexibility index (Phi) is 6.85. The Bertz CT molecular complexity index is 229. The Morgan fingerprint density at radius 3 is 2.82 bits per heavy atom. The summed E-state index contributed by atoms with van der Waals surface area (Å²) in [5.74, 6) is 0.983. The average Bonchev–Trinajstić information content (AvgIpc) is 2.95. The van der Waals surface area contributed by atoms with Crippen LogP contribution in [-0.4, -0.2) is 38.3 Å². The van der Waals surface area contributed by atoms with Crippen LogP contribution in [0.1, 0.15) is 32.1 Å². The second-order valence-corrected chi connectivity index (χ2v) is 4.81. The van der Waals surface area contributed by atoms with Crippen LogP contribution in [0.15, 0.2) is 0 Å². The monoisotopic (exact) mass is 262 g/mol. The molecule has 4 nitrogen and oxygen atoms in total. The number of nitrogens with one attached hydrogen (secondary N) is 2. The Hall–Kier alpha value is -0.320. The predicted octanol–water partition coefficient (Wildman–Crippen LogP) is 1.09. The molecular weight excluding hydrogens is 240 g/mol. The van der Waals surface area contributed by atoms with Crippen molar-refractivity contribution in [2.24, 2.45) is 5.92 Å². The summed E-state index contributed by atoms with van der Waals surface area (Å²) < 4.78 is 5.50. The highest BCUT2D eigenvalue weighted by molar-refractivity contribution is 5.85. The molecule has 1 atom stereocenters. The fourth-order valence-corrected chi connectivity index (χ4v) is 1.95. The molecule has 2 N–H and O–H groups in total. The van der Waals surface area contributed by atoms with Gasteiger partial charge in [-0.05, 0) is 44.6 Å². The van der Waals surface area contributed by atoms with E-state index in [2.05, 4.69) is 10.6 Å². The molecule has 1 aliphatic heterocycles. The van der Waals surface area contributed by atoms with Gasteiger partial charge in [0.1, 0.15) is 0 Å². The highest BCUT2D eigenvalue weighted by Gasteiger charge is 2.22. The second-order valence-electron chi connectivity index (χ2n) is 4.81. The van der Waals surface area contributed by atoms with Gasteiger partial charge in [0.2, 0.25) is 5.91 Å². The van der Waals surface area contributed by atoms with E-state index in [-0.39, 0.29) is 24.4 Å². The second kappa shape index (κ2) is 7.90. The topological polar surface area (TPSA) is 50.4 Å². The van der Waals surface area contributed by atoms with Crippen LogP contribution in [0, 0.1) is 5.92 Å². The van der Waals surface area contributed by atoms with Crippen molar-refractivity contribution < 1.29 is 9.53 Å². The first-order valence-corrected chi connectivity index (χ1v) is 6.45. The molecule has 0 aromatic carbocycles. The van der Waals surface area contributed by atoms with Crippen LogP contribution >= 0.6 is 12.4 Å². The maximum absolute atomic E-state index is 11.6. The van der Waals surface area contributed by atoms with Gasteiger partial charge in [-0.3, -0.25) is 4.79 Å². The van der Waals surface area contributed by atoms with E-state index < -0.39 is 0 Å². The molecule has 1 aliphatic carbocycles. The van der Waals surface area contributed by atoms with Gasteiger partial charge in [0.15, 0.2) is 0 Å². The number of carbonyl (C=O) groups excluding carboxylic acids is 1. The van der Waals surface area contributed by atoms with E-state index in [9.17, 15) is 4.79 Å². The molecule has 5 heteroatoms. The molecule has 2 fully saturated rings. The fourth-order valence-electron chi connectivity index (χ4n) is 1.95. The van der Waals surface area contributed by atoms with E-state index in [0.717, 1.165) is 51.5 Å². The third-order valence-electron chi connectivity index (χ3n) is 3.19. The van der Waals surface area contributed by atoms with Crippen LogP contribution in [-0.2, 0) is 9.53 Å². The molecule has 1 saturated heterocycles. The normalized spacial score (nSPS) is 23.2. The molecule has 1 unspecified atom stereocenters. The molecule has 0 bridgehead atoms. The maximum atomic E-state index is 11.6. The Balaban J connectivity index is 0.00000144. The van der Waals surface area contributed by atoms with Gasteiger partial charge in [-0.15, -0.1) is 12.4 Å². The van der Waals surface area contributed by atoms with E-state index in [1.165, 1.54) is 12.8 Å². The zero-order chi connectivity index (χ0) is 11.2. The van der Waals surface area contributed by atoms with Gasteiger partial charge >= 0.3 is 0 Å². The molecule has 0 spiro atoms. The summed E-state index contributed by atoms with van der Waals surface area (Å²) in [6, 6.07) is 0.0485. The van der Waals surface area contributed by atoms with Gasteiger partial charge in [0, 0.05) is 19.8 Å². The van der Waals surface area contributed by atoms with E-state index in [1.54, 1.807) is 0 Å². The first kappa shape index (κ1) is 14.7. The van der Waals surface area contributed by atoms with Crippen LogP contribution < -0.4 is 10.6 Å². The van der Waals surface area contributed by atoms with E-state index >= 15 is 0 Å². The summed E-state index contributed by atoms with van der Waals surface area (Å²) in [4.78, 5) is 11.6. The minimum atomic E-state index is 0. The van der Waals surface area contributed by atoms with Gasteiger partial charge < -0.3 is 15.4 Å². The van der Waals surface area contributed by atoms with Crippen molar-refractivity contribution in [3.8, 4) is 0 Å². The van der Waals surface area contributed by atoms with E-state index in [0.29, 0.717) is 0 Å². The summed E-state index contributed by atoms with van der Waals surface area (Å²) in [5, 5.41) is 6.14. The van der Waals surface area contributed by atoms with Crippen molar-refractivity contribution >= 4 is 18.3 Å². The van der Waals surface area contributed by atoms with Crippen molar-refractivity contribution in [2.45, 2.75) is 38.1 Å². The van der Waals surface area contributed by atoms with Gasteiger partial charge in [-0.2, -0.15) is 0 Å². The summed E-state index contributed by atoms with van der Waals surface area (Å²) in [7, 11) is 0. The number of carbonyl (C=O) groups is 1. The molecular formula is C12H23ClN2O2. The quantitative estimate of drug-likeness (QED) is 0.676. The molecule has 100 valence electrons. The standard InChI is InChI=1S/C12H22N2O2.ClH/c15-12(11-3-1-6-13-11)14-7-2-8-16-9-10-4-5-10;/h10-11,13H,1-9H2,(H,14,15);1H. The molecule has 1 saturated carbocycles. The molecule has 1 amide bonds. The van der Waals surface area contributed by atoms with Crippen LogP contribution in [0.4, 0.5) is 0 Å². The van der Waals surface area contributed by atoms with Crippen LogP contribution in [0.3, 0.4) is 0 Å². The highest BCUT2D eigenvalue weighted by atomic mass is 35.5. The molecule has 0 aromatic rings. The molecule has 0 radical (unpaired) electrons. The molecule has 0 aromatic heterocycles. The predicted molar refractivity (Wildman–Crippen MR) is 69.4 cm³/mol. The minimum absolute atomic E-state index is 0. The third-order valence-corrected chi connectivity index (χ3v) is 3.19. The number of hydrogen-bond donors (Lipinski definition) is 2. The summed E-state index contributed by atoms with van der Waals surface area (Å²) >= 11 is 0. The number of amides is 1. The molecule has 17 heavy (non-hydrogen) atoms. The molecule has 1 heterocycles. The summed E-state index contributed by atoms with van der Waals surface area (Å²) in [5.41, 5.74) is 0. The van der Waals surface area contributed by atoms with Crippen molar-refractivity contribution in [3.05, 3.63) is 0 Å². The maximum Gasteiger partial charge on any atom is 0.237 e. The lowest BCUT2D eigenvalue weighted by Crippen LogP contribution is -2.40. The van der Waals surface area contributed by atoms with Crippen molar-refractivity contribution in [1.29, 1.82) is 0 Å². The van der Waals surface area contributed by atoms with E-state index in [1.807, 2.05) is 0 Å². The van der Waals surface area contributed by atoms with Crippen LogP contribution in [0.2, 0.25) is 0 Å². The zero-order valence-corrected chi connectivity index (χ0v) is 11.1. The lowest BCUT2D eigenvalue weighted by molar-refractivity contribution is -0.122. The molecule has 2 aliphatic rings. The SMILES string of the molecule is Cl.O=C(NCCCOCC1CC1)C1CCCN1. The minimum Gasteiger partial charge on any atom is -0.381 e.